The summed E-state index contributed by atoms with van der Waals surface area (Å²) in [5.41, 5.74) is 12.9. The normalized spacial score (nSPS) is 10.8. The molecule has 0 fully saturated rings. The summed E-state index contributed by atoms with van der Waals surface area (Å²) >= 11 is 1.66. The number of para-hydroxylation sites is 1. The number of rotatable bonds is 2. The maximum absolute atomic E-state index is 5.78. The minimum absolute atomic E-state index is 0.639. The smallest absolute Gasteiger partial charge is 0.104 e. The molecule has 0 unspecified atom stereocenters. The minimum atomic E-state index is 0.639. The SMILES string of the molecule is NCCc1nc2c(N)cccc2s1. The standard InChI is InChI=1S/C9H11N3S/c10-5-4-8-12-9-6(11)2-1-3-7(9)13-8/h1-3H,4-5,10-11H2. The monoisotopic (exact) mass is 193 g/mol. The second-order valence-corrected chi connectivity index (χ2v) is 3.96. The summed E-state index contributed by atoms with van der Waals surface area (Å²) < 4.78 is 1.14. The van der Waals surface area contributed by atoms with Gasteiger partial charge in [0.1, 0.15) is 5.52 Å². The Labute approximate surface area is 80.4 Å². The maximum atomic E-state index is 5.78. The Morgan fingerprint density at radius 3 is 2.92 bits per heavy atom. The van der Waals surface area contributed by atoms with Crippen LogP contribution in [0, 0.1) is 0 Å². The van der Waals surface area contributed by atoms with Gasteiger partial charge >= 0.3 is 0 Å². The van der Waals surface area contributed by atoms with Gasteiger partial charge in [-0.05, 0) is 18.7 Å². The van der Waals surface area contributed by atoms with Gasteiger partial charge in [0, 0.05) is 6.42 Å². The molecule has 0 spiro atoms. The van der Waals surface area contributed by atoms with Crippen molar-refractivity contribution in [3.05, 3.63) is 23.2 Å². The van der Waals surface area contributed by atoms with Crippen molar-refractivity contribution in [3.8, 4) is 0 Å². The molecule has 2 aromatic rings. The van der Waals surface area contributed by atoms with Crippen LogP contribution in [-0.2, 0) is 6.42 Å². The minimum Gasteiger partial charge on any atom is -0.397 e. The number of aromatic nitrogens is 1. The third kappa shape index (κ3) is 1.50. The van der Waals surface area contributed by atoms with Gasteiger partial charge < -0.3 is 11.5 Å². The number of anilines is 1. The summed E-state index contributed by atoms with van der Waals surface area (Å²) in [6, 6.07) is 5.85. The van der Waals surface area contributed by atoms with Crippen LogP contribution in [0.1, 0.15) is 5.01 Å². The molecule has 1 aromatic carbocycles. The zero-order chi connectivity index (χ0) is 9.26. The van der Waals surface area contributed by atoms with Gasteiger partial charge in [0.25, 0.3) is 0 Å². The van der Waals surface area contributed by atoms with Gasteiger partial charge in [-0.2, -0.15) is 0 Å². The lowest BCUT2D eigenvalue weighted by atomic mass is 10.3. The van der Waals surface area contributed by atoms with Gasteiger partial charge in [0.15, 0.2) is 0 Å². The van der Waals surface area contributed by atoms with Crippen molar-refractivity contribution in [2.24, 2.45) is 5.73 Å². The van der Waals surface area contributed by atoms with Crippen molar-refractivity contribution in [1.29, 1.82) is 0 Å². The average Bonchev–Trinajstić information content (AvgIpc) is 2.49. The topological polar surface area (TPSA) is 64.9 Å². The number of hydrogen-bond acceptors (Lipinski definition) is 4. The molecule has 0 aliphatic heterocycles. The third-order valence-corrected chi connectivity index (χ3v) is 2.93. The van der Waals surface area contributed by atoms with Gasteiger partial charge in [-0.15, -0.1) is 11.3 Å². The molecule has 0 atom stereocenters. The third-order valence-electron chi connectivity index (χ3n) is 1.85. The van der Waals surface area contributed by atoms with Gasteiger partial charge in [-0.1, -0.05) is 6.07 Å². The summed E-state index contributed by atoms with van der Waals surface area (Å²) in [7, 11) is 0. The molecule has 13 heavy (non-hydrogen) atoms. The lowest BCUT2D eigenvalue weighted by molar-refractivity contribution is 0.958. The molecule has 0 saturated heterocycles. The van der Waals surface area contributed by atoms with Crippen molar-refractivity contribution in [3.63, 3.8) is 0 Å². The number of hydrogen-bond donors (Lipinski definition) is 2. The van der Waals surface area contributed by atoms with Crippen molar-refractivity contribution in [2.75, 3.05) is 12.3 Å². The fourth-order valence-electron chi connectivity index (χ4n) is 1.25. The molecule has 4 heteroatoms. The first-order valence-corrected chi connectivity index (χ1v) is 4.97. The zero-order valence-electron chi connectivity index (χ0n) is 7.16. The molecular weight excluding hydrogens is 182 g/mol. The highest BCUT2D eigenvalue weighted by atomic mass is 32.1. The first kappa shape index (κ1) is 8.47. The van der Waals surface area contributed by atoms with Gasteiger partial charge in [-0.25, -0.2) is 4.98 Å². The molecule has 0 bridgehead atoms. The Bertz CT molecular complexity index is 422. The van der Waals surface area contributed by atoms with Crippen LogP contribution in [0.5, 0.6) is 0 Å². The lowest BCUT2D eigenvalue weighted by Gasteiger charge is -1.91. The van der Waals surface area contributed by atoms with E-state index in [1.807, 2.05) is 18.2 Å². The highest BCUT2D eigenvalue weighted by Crippen LogP contribution is 2.26. The first-order valence-electron chi connectivity index (χ1n) is 4.15. The molecule has 1 aromatic heterocycles. The second-order valence-electron chi connectivity index (χ2n) is 2.84. The largest absolute Gasteiger partial charge is 0.397 e. The lowest BCUT2D eigenvalue weighted by Crippen LogP contribution is -2.01. The number of nitrogen functional groups attached to an aromatic ring is 1. The summed E-state index contributed by atoms with van der Waals surface area (Å²) in [5, 5.41) is 1.07. The van der Waals surface area contributed by atoms with Crippen LogP contribution in [-0.4, -0.2) is 11.5 Å². The van der Waals surface area contributed by atoms with Gasteiger partial charge in [-0.3, -0.25) is 0 Å². The van der Waals surface area contributed by atoms with Crippen LogP contribution in [0.3, 0.4) is 0 Å². The highest BCUT2D eigenvalue weighted by molar-refractivity contribution is 7.18. The second kappa shape index (κ2) is 3.32. The number of nitrogens with two attached hydrogens (primary N) is 2. The van der Waals surface area contributed by atoms with E-state index >= 15 is 0 Å². The number of thiazole rings is 1. The van der Waals surface area contributed by atoms with Crippen LogP contribution < -0.4 is 11.5 Å². The molecule has 1 heterocycles. The van der Waals surface area contributed by atoms with E-state index in [0.29, 0.717) is 6.54 Å². The van der Waals surface area contributed by atoms with Crippen LogP contribution in [0.2, 0.25) is 0 Å². The van der Waals surface area contributed by atoms with Crippen molar-refractivity contribution in [2.45, 2.75) is 6.42 Å². The van der Waals surface area contributed by atoms with E-state index < -0.39 is 0 Å². The van der Waals surface area contributed by atoms with Crippen molar-refractivity contribution in [1.82, 2.24) is 4.98 Å². The van der Waals surface area contributed by atoms with E-state index in [9.17, 15) is 0 Å². The molecular formula is C9H11N3S. The number of fused-ring (bicyclic) bond motifs is 1. The predicted molar refractivity (Wildman–Crippen MR) is 56.8 cm³/mol. The molecule has 4 N–H and O–H groups in total. The average molecular weight is 193 g/mol. The highest BCUT2D eigenvalue weighted by Gasteiger charge is 2.04. The van der Waals surface area contributed by atoms with E-state index in [1.165, 1.54) is 0 Å². The molecule has 0 saturated carbocycles. The predicted octanol–water partition coefficient (Wildman–Crippen LogP) is 1.38. The van der Waals surface area contributed by atoms with Crippen molar-refractivity contribution < 1.29 is 0 Å². The summed E-state index contributed by atoms with van der Waals surface area (Å²) in [6.45, 7) is 0.639. The molecule has 0 aliphatic rings. The Morgan fingerprint density at radius 2 is 2.23 bits per heavy atom. The van der Waals surface area contributed by atoms with Gasteiger partial charge in [0.2, 0.25) is 0 Å². The number of nitrogens with zero attached hydrogens (tertiary/aromatic N) is 1. The molecule has 0 radical (unpaired) electrons. The Balaban J connectivity index is 2.55. The number of benzene rings is 1. The van der Waals surface area contributed by atoms with Crippen molar-refractivity contribution >= 4 is 27.2 Å². The fourth-order valence-corrected chi connectivity index (χ4v) is 2.26. The summed E-state index contributed by atoms with van der Waals surface area (Å²) in [5.74, 6) is 0. The van der Waals surface area contributed by atoms with E-state index in [1.54, 1.807) is 11.3 Å². The quantitative estimate of drug-likeness (QED) is 0.708. The van der Waals surface area contributed by atoms with Crippen LogP contribution in [0.15, 0.2) is 18.2 Å². The van der Waals surface area contributed by atoms with Crippen LogP contribution >= 0.6 is 11.3 Å². The zero-order valence-corrected chi connectivity index (χ0v) is 7.97. The molecule has 0 amide bonds. The van der Waals surface area contributed by atoms with Gasteiger partial charge in [0.05, 0.1) is 15.4 Å². The van der Waals surface area contributed by atoms with Crippen LogP contribution in [0.4, 0.5) is 5.69 Å². The molecule has 68 valence electrons. The Kier molecular flexibility index (Phi) is 2.16. The van der Waals surface area contributed by atoms with E-state index in [2.05, 4.69) is 4.98 Å². The maximum Gasteiger partial charge on any atom is 0.104 e. The van der Waals surface area contributed by atoms with E-state index in [0.717, 1.165) is 27.3 Å². The first-order chi connectivity index (χ1) is 6.31. The van der Waals surface area contributed by atoms with Crippen LogP contribution in [0.25, 0.3) is 10.2 Å². The fraction of sp³-hybridized carbons (Fsp3) is 0.222. The Morgan fingerprint density at radius 1 is 1.38 bits per heavy atom. The molecule has 3 nitrogen and oxygen atoms in total. The summed E-state index contributed by atoms with van der Waals surface area (Å²) in [6.07, 6.45) is 0.832. The molecule has 0 aliphatic carbocycles. The summed E-state index contributed by atoms with van der Waals surface area (Å²) in [4.78, 5) is 4.42. The Hall–Kier alpha value is -1.13. The van der Waals surface area contributed by atoms with E-state index in [-0.39, 0.29) is 0 Å². The van der Waals surface area contributed by atoms with E-state index in [4.69, 9.17) is 11.5 Å². The molecule has 2 rings (SSSR count).